The normalized spacial score (nSPS) is 15.5. The van der Waals surface area contributed by atoms with Crippen LogP contribution in [0.25, 0.3) is 0 Å². The van der Waals surface area contributed by atoms with Crippen LogP contribution in [0.1, 0.15) is 54.9 Å². The topological polar surface area (TPSA) is 114 Å². The SMILES string of the molecule is CC(OC(=O)CNC(=O)c1ccc(C(F)(F)F)cc1)C(=O)NC(=O)NC1CCCCC1. The number of carbonyl (C=O) groups excluding carboxylic acids is 4. The molecule has 0 bridgehead atoms. The Morgan fingerprint density at radius 2 is 1.68 bits per heavy atom. The van der Waals surface area contributed by atoms with Crippen molar-refractivity contribution in [3.8, 4) is 0 Å². The zero-order valence-electron chi connectivity index (χ0n) is 16.9. The molecule has 0 radical (unpaired) electrons. The lowest BCUT2D eigenvalue weighted by atomic mass is 9.96. The molecule has 0 saturated heterocycles. The first kappa shape index (κ1) is 24.2. The molecule has 1 unspecified atom stereocenters. The van der Waals surface area contributed by atoms with Crippen LogP contribution < -0.4 is 16.0 Å². The number of amides is 4. The van der Waals surface area contributed by atoms with Crippen molar-refractivity contribution in [2.75, 3.05) is 6.54 Å². The Bertz CT molecular complexity index is 805. The molecule has 1 aliphatic carbocycles. The van der Waals surface area contributed by atoms with Crippen molar-refractivity contribution < 1.29 is 37.1 Å². The highest BCUT2D eigenvalue weighted by Crippen LogP contribution is 2.29. The number of halogens is 3. The van der Waals surface area contributed by atoms with E-state index in [1.54, 1.807) is 0 Å². The van der Waals surface area contributed by atoms with E-state index in [4.69, 9.17) is 4.74 Å². The van der Waals surface area contributed by atoms with Gasteiger partial charge in [0.05, 0.1) is 5.56 Å². The first-order valence-electron chi connectivity index (χ1n) is 9.82. The van der Waals surface area contributed by atoms with Crippen molar-refractivity contribution >= 4 is 23.8 Å². The monoisotopic (exact) mass is 443 g/mol. The van der Waals surface area contributed by atoms with E-state index in [0.717, 1.165) is 56.4 Å². The number of benzene rings is 1. The number of ether oxygens (including phenoxy) is 1. The Morgan fingerprint density at radius 1 is 1.06 bits per heavy atom. The number of hydrogen-bond acceptors (Lipinski definition) is 5. The summed E-state index contributed by atoms with van der Waals surface area (Å²) in [6, 6.07) is 2.78. The van der Waals surface area contributed by atoms with Crippen molar-refractivity contribution in [3.63, 3.8) is 0 Å². The number of urea groups is 1. The number of hydrogen-bond donors (Lipinski definition) is 3. The molecule has 1 atom stereocenters. The summed E-state index contributed by atoms with van der Waals surface area (Å²) in [5.74, 6) is -2.55. The highest BCUT2D eigenvalue weighted by molar-refractivity contribution is 5.98. The van der Waals surface area contributed by atoms with Gasteiger partial charge in [-0.25, -0.2) is 4.79 Å². The van der Waals surface area contributed by atoms with E-state index < -0.39 is 48.2 Å². The lowest BCUT2D eigenvalue weighted by molar-refractivity contribution is -0.153. The first-order chi connectivity index (χ1) is 14.6. The molecular weight excluding hydrogens is 419 g/mol. The van der Waals surface area contributed by atoms with Gasteiger partial charge in [-0.2, -0.15) is 13.2 Å². The fourth-order valence-electron chi connectivity index (χ4n) is 3.04. The highest BCUT2D eigenvalue weighted by atomic mass is 19.4. The van der Waals surface area contributed by atoms with Crippen LogP contribution in [0.5, 0.6) is 0 Å². The van der Waals surface area contributed by atoms with Gasteiger partial charge in [0, 0.05) is 11.6 Å². The number of imide groups is 1. The van der Waals surface area contributed by atoms with Gasteiger partial charge in [-0.3, -0.25) is 19.7 Å². The molecule has 1 aromatic carbocycles. The predicted octanol–water partition coefficient (Wildman–Crippen LogP) is 2.53. The fourth-order valence-corrected chi connectivity index (χ4v) is 3.04. The van der Waals surface area contributed by atoms with Crippen molar-refractivity contribution in [2.24, 2.45) is 0 Å². The molecule has 1 aromatic rings. The average Bonchev–Trinajstić information content (AvgIpc) is 2.72. The van der Waals surface area contributed by atoms with E-state index in [0.29, 0.717) is 0 Å². The fraction of sp³-hybridized carbons (Fsp3) is 0.500. The van der Waals surface area contributed by atoms with E-state index in [2.05, 4.69) is 16.0 Å². The molecule has 0 spiro atoms. The summed E-state index contributed by atoms with van der Waals surface area (Å²) in [6.45, 7) is 0.657. The van der Waals surface area contributed by atoms with E-state index in [9.17, 15) is 32.3 Å². The van der Waals surface area contributed by atoms with Crippen LogP contribution in [0.4, 0.5) is 18.0 Å². The van der Waals surface area contributed by atoms with Gasteiger partial charge in [-0.15, -0.1) is 0 Å². The van der Waals surface area contributed by atoms with Crippen LogP contribution in [-0.2, 0) is 20.5 Å². The highest BCUT2D eigenvalue weighted by Gasteiger charge is 2.30. The minimum atomic E-state index is -4.52. The van der Waals surface area contributed by atoms with Crippen molar-refractivity contribution in [1.82, 2.24) is 16.0 Å². The van der Waals surface area contributed by atoms with E-state index >= 15 is 0 Å². The van der Waals surface area contributed by atoms with E-state index in [1.807, 2.05) is 0 Å². The maximum Gasteiger partial charge on any atom is 0.416 e. The van der Waals surface area contributed by atoms with Gasteiger partial charge in [0.25, 0.3) is 11.8 Å². The van der Waals surface area contributed by atoms with E-state index in [-0.39, 0.29) is 11.6 Å². The van der Waals surface area contributed by atoms with Gasteiger partial charge >= 0.3 is 18.2 Å². The Hall–Kier alpha value is -3.11. The molecule has 31 heavy (non-hydrogen) atoms. The molecule has 1 saturated carbocycles. The molecule has 0 heterocycles. The smallest absolute Gasteiger partial charge is 0.416 e. The number of esters is 1. The van der Waals surface area contributed by atoms with Crippen molar-refractivity contribution in [3.05, 3.63) is 35.4 Å². The summed E-state index contributed by atoms with van der Waals surface area (Å²) in [5, 5.41) is 6.98. The third-order valence-electron chi connectivity index (χ3n) is 4.72. The largest absolute Gasteiger partial charge is 0.451 e. The predicted molar refractivity (Wildman–Crippen MR) is 103 cm³/mol. The summed E-state index contributed by atoms with van der Waals surface area (Å²) < 4.78 is 42.5. The van der Waals surface area contributed by atoms with Crippen LogP contribution in [0, 0.1) is 0 Å². The average molecular weight is 443 g/mol. The lowest BCUT2D eigenvalue weighted by Gasteiger charge is -2.23. The molecule has 2 rings (SSSR count). The van der Waals surface area contributed by atoms with Crippen molar-refractivity contribution in [1.29, 1.82) is 0 Å². The maximum absolute atomic E-state index is 12.5. The molecule has 11 heteroatoms. The quantitative estimate of drug-likeness (QED) is 0.585. The first-order valence-corrected chi connectivity index (χ1v) is 9.82. The van der Waals surface area contributed by atoms with Gasteiger partial charge in [0.2, 0.25) is 0 Å². The minimum Gasteiger partial charge on any atom is -0.451 e. The van der Waals surface area contributed by atoms with Gasteiger partial charge in [0.15, 0.2) is 6.10 Å². The lowest BCUT2D eigenvalue weighted by Crippen LogP contribution is -2.48. The summed E-state index contributed by atoms with van der Waals surface area (Å²) in [4.78, 5) is 47.6. The molecule has 8 nitrogen and oxygen atoms in total. The van der Waals surface area contributed by atoms with E-state index in [1.165, 1.54) is 6.92 Å². The zero-order chi connectivity index (χ0) is 23.0. The number of rotatable bonds is 6. The second kappa shape index (κ2) is 10.8. The minimum absolute atomic E-state index is 0.000170. The Morgan fingerprint density at radius 3 is 2.26 bits per heavy atom. The van der Waals surface area contributed by atoms with Crippen LogP contribution in [0.15, 0.2) is 24.3 Å². The molecule has 0 aromatic heterocycles. The Kier molecular flexibility index (Phi) is 8.40. The van der Waals surface area contributed by atoms with Gasteiger partial charge in [-0.05, 0) is 44.0 Å². The van der Waals surface area contributed by atoms with Crippen LogP contribution in [0.3, 0.4) is 0 Å². The van der Waals surface area contributed by atoms with Crippen LogP contribution >= 0.6 is 0 Å². The molecule has 1 aliphatic rings. The van der Waals surface area contributed by atoms with Crippen LogP contribution in [-0.4, -0.2) is 42.5 Å². The summed E-state index contributed by atoms with van der Waals surface area (Å²) in [6.07, 6.45) is -1.01. The summed E-state index contributed by atoms with van der Waals surface area (Å²) >= 11 is 0. The molecule has 4 amide bonds. The second-order valence-corrected chi connectivity index (χ2v) is 7.19. The third-order valence-corrected chi connectivity index (χ3v) is 4.72. The molecule has 3 N–H and O–H groups in total. The summed E-state index contributed by atoms with van der Waals surface area (Å²) in [5.41, 5.74) is -0.984. The number of carbonyl (C=O) groups is 4. The van der Waals surface area contributed by atoms with Gasteiger partial charge in [-0.1, -0.05) is 19.3 Å². The third kappa shape index (κ3) is 7.91. The number of nitrogens with one attached hydrogen (secondary N) is 3. The Labute approximate surface area is 176 Å². The second-order valence-electron chi connectivity index (χ2n) is 7.19. The molecule has 0 aliphatic heterocycles. The summed E-state index contributed by atoms with van der Waals surface area (Å²) in [7, 11) is 0. The molecular formula is C20H24F3N3O5. The Balaban J connectivity index is 1.73. The zero-order valence-corrected chi connectivity index (χ0v) is 16.9. The molecule has 1 fully saturated rings. The number of alkyl halides is 3. The molecule has 170 valence electrons. The van der Waals surface area contributed by atoms with Crippen LogP contribution in [0.2, 0.25) is 0 Å². The van der Waals surface area contributed by atoms with Gasteiger partial charge < -0.3 is 15.4 Å². The maximum atomic E-state index is 12.5. The standard InChI is InChI=1S/C20H24F3N3O5/c1-12(17(28)26-19(30)25-15-5-3-2-4-6-15)31-16(27)11-24-18(29)13-7-9-14(10-8-13)20(21,22)23/h7-10,12,15H,2-6,11H2,1H3,(H,24,29)(H2,25,26,28,30). The van der Waals surface area contributed by atoms with Crippen molar-refractivity contribution in [2.45, 2.75) is 57.3 Å². The van der Waals surface area contributed by atoms with Gasteiger partial charge in [0.1, 0.15) is 6.54 Å².